The lowest BCUT2D eigenvalue weighted by Gasteiger charge is -2.29. The van der Waals surface area contributed by atoms with Gasteiger partial charge in [0.2, 0.25) is 0 Å². The van der Waals surface area contributed by atoms with Gasteiger partial charge < -0.3 is 4.90 Å². The normalized spacial score (nSPS) is 15.2. The second-order valence-corrected chi connectivity index (χ2v) is 6.27. The molecule has 122 valence electrons. The van der Waals surface area contributed by atoms with Crippen molar-refractivity contribution in [2.24, 2.45) is 0 Å². The first-order valence-corrected chi connectivity index (χ1v) is 8.41. The summed E-state index contributed by atoms with van der Waals surface area (Å²) in [6.07, 6.45) is 5.70. The second-order valence-electron chi connectivity index (χ2n) is 6.27. The van der Waals surface area contributed by atoms with E-state index in [4.69, 9.17) is 0 Å². The van der Waals surface area contributed by atoms with Crippen LogP contribution < -0.4 is 4.90 Å². The van der Waals surface area contributed by atoms with Crippen LogP contribution in [0.3, 0.4) is 0 Å². The maximum atomic E-state index is 13.1. The van der Waals surface area contributed by atoms with E-state index in [-0.39, 0.29) is 5.82 Å². The average Bonchev–Trinajstić information content (AvgIpc) is 2.62. The van der Waals surface area contributed by atoms with Gasteiger partial charge in [-0.2, -0.15) is 5.26 Å². The molecule has 0 N–H and O–H groups in total. The van der Waals surface area contributed by atoms with Gasteiger partial charge in [-0.1, -0.05) is 18.2 Å². The highest BCUT2D eigenvalue weighted by atomic mass is 19.1. The number of nitriles is 1. The minimum Gasteiger partial charge on any atom is -0.372 e. The topological polar surface area (TPSA) is 27.0 Å². The molecular formula is C21H21FN2. The zero-order chi connectivity index (χ0) is 16.9. The highest BCUT2D eigenvalue weighted by Gasteiger charge is 2.12. The molecule has 0 radical (unpaired) electrons. The number of rotatable bonds is 3. The van der Waals surface area contributed by atoms with E-state index in [0.717, 1.165) is 29.8 Å². The minimum absolute atomic E-state index is 0.293. The van der Waals surface area contributed by atoms with Crippen LogP contribution in [0.25, 0.3) is 11.6 Å². The first-order valence-electron chi connectivity index (χ1n) is 8.41. The van der Waals surface area contributed by atoms with E-state index in [1.54, 1.807) is 12.1 Å². The van der Waals surface area contributed by atoms with Crippen LogP contribution >= 0.6 is 0 Å². The molecule has 2 aromatic rings. The fourth-order valence-corrected chi connectivity index (χ4v) is 3.14. The molecule has 1 heterocycles. The van der Waals surface area contributed by atoms with Crippen molar-refractivity contribution in [3.63, 3.8) is 0 Å². The Hall–Kier alpha value is -2.60. The molecule has 3 heteroatoms. The summed E-state index contributed by atoms with van der Waals surface area (Å²) < 4.78 is 13.1. The SMILES string of the molecule is Cc1cc(N2CCCCC2)ccc1/C=C(\C#N)c1ccc(F)cc1. The summed E-state index contributed by atoms with van der Waals surface area (Å²) in [6.45, 7) is 4.31. The standard InChI is InChI=1S/C21H21FN2/c1-16-13-21(24-11-3-2-4-12-24)10-7-18(16)14-19(15-23)17-5-8-20(22)9-6-17/h5-10,13-14H,2-4,11-12H2,1H3/b19-14+. The Balaban J connectivity index is 1.88. The highest BCUT2D eigenvalue weighted by molar-refractivity contribution is 5.90. The molecule has 1 saturated heterocycles. The molecule has 1 aliphatic heterocycles. The lowest BCUT2D eigenvalue weighted by molar-refractivity contribution is 0.578. The monoisotopic (exact) mass is 320 g/mol. The zero-order valence-corrected chi connectivity index (χ0v) is 13.9. The average molecular weight is 320 g/mol. The van der Waals surface area contributed by atoms with Crippen molar-refractivity contribution < 1.29 is 4.39 Å². The Morgan fingerprint density at radius 1 is 1.08 bits per heavy atom. The molecular weight excluding hydrogens is 299 g/mol. The molecule has 0 saturated carbocycles. The molecule has 2 nitrogen and oxygen atoms in total. The fourth-order valence-electron chi connectivity index (χ4n) is 3.14. The van der Waals surface area contributed by atoms with Gasteiger partial charge in [0.25, 0.3) is 0 Å². The number of allylic oxidation sites excluding steroid dienone is 1. The Morgan fingerprint density at radius 3 is 2.42 bits per heavy atom. The van der Waals surface area contributed by atoms with Gasteiger partial charge in [0.05, 0.1) is 11.6 Å². The Kier molecular flexibility index (Phi) is 4.96. The first-order chi connectivity index (χ1) is 11.7. The van der Waals surface area contributed by atoms with Crippen molar-refractivity contribution in [2.75, 3.05) is 18.0 Å². The largest absolute Gasteiger partial charge is 0.372 e. The minimum atomic E-state index is -0.293. The lowest BCUT2D eigenvalue weighted by atomic mass is 10.00. The predicted molar refractivity (Wildman–Crippen MR) is 97.1 cm³/mol. The summed E-state index contributed by atoms with van der Waals surface area (Å²) in [5.74, 6) is -0.293. The lowest BCUT2D eigenvalue weighted by Crippen LogP contribution is -2.29. The number of benzene rings is 2. The smallest absolute Gasteiger partial charge is 0.123 e. The van der Waals surface area contributed by atoms with Gasteiger partial charge in [-0.15, -0.1) is 0 Å². The summed E-state index contributed by atoms with van der Waals surface area (Å²) in [7, 11) is 0. The van der Waals surface area contributed by atoms with Crippen LogP contribution in [0.5, 0.6) is 0 Å². The first kappa shape index (κ1) is 16.3. The predicted octanol–water partition coefficient (Wildman–Crippen LogP) is 5.19. The van der Waals surface area contributed by atoms with Crippen molar-refractivity contribution in [1.29, 1.82) is 5.26 Å². The van der Waals surface area contributed by atoms with Crippen LogP contribution in [-0.4, -0.2) is 13.1 Å². The molecule has 0 atom stereocenters. The number of halogens is 1. The molecule has 1 fully saturated rings. The number of piperidine rings is 1. The van der Waals surface area contributed by atoms with Crippen molar-refractivity contribution in [1.82, 2.24) is 0 Å². The second kappa shape index (κ2) is 7.31. The van der Waals surface area contributed by atoms with Gasteiger partial charge in [-0.25, -0.2) is 4.39 Å². The Labute approximate surface area is 142 Å². The van der Waals surface area contributed by atoms with Crippen molar-refractivity contribution in [3.05, 3.63) is 65.0 Å². The van der Waals surface area contributed by atoms with Crippen LogP contribution in [0.1, 0.15) is 36.0 Å². The van der Waals surface area contributed by atoms with Gasteiger partial charge in [0, 0.05) is 18.8 Å². The van der Waals surface area contributed by atoms with E-state index in [0.29, 0.717) is 5.57 Å². The van der Waals surface area contributed by atoms with Crippen LogP contribution in [0, 0.1) is 24.1 Å². The summed E-state index contributed by atoms with van der Waals surface area (Å²) in [5, 5.41) is 9.44. The number of hydrogen-bond acceptors (Lipinski definition) is 2. The van der Waals surface area contributed by atoms with Crippen LogP contribution in [0.2, 0.25) is 0 Å². The van der Waals surface area contributed by atoms with E-state index in [9.17, 15) is 9.65 Å². The van der Waals surface area contributed by atoms with Crippen LogP contribution in [-0.2, 0) is 0 Å². The van der Waals surface area contributed by atoms with Gasteiger partial charge in [0.15, 0.2) is 0 Å². The number of anilines is 1. The van der Waals surface area contributed by atoms with Crippen molar-refractivity contribution >= 4 is 17.3 Å². The third kappa shape index (κ3) is 3.65. The van der Waals surface area contributed by atoms with Gasteiger partial charge in [0.1, 0.15) is 5.82 Å². The fraction of sp³-hybridized carbons (Fsp3) is 0.286. The third-order valence-corrected chi connectivity index (χ3v) is 4.55. The number of aryl methyl sites for hydroxylation is 1. The molecule has 0 unspecified atom stereocenters. The highest BCUT2D eigenvalue weighted by Crippen LogP contribution is 2.25. The van der Waals surface area contributed by atoms with E-state index < -0.39 is 0 Å². The quantitative estimate of drug-likeness (QED) is 0.575. The molecule has 2 aromatic carbocycles. The van der Waals surface area contributed by atoms with E-state index in [1.807, 2.05) is 6.08 Å². The number of nitrogens with zero attached hydrogens (tertiary/aromatic N) is 2. The summed E-state index contributed by atoms with van der Waals surface area (Å²) in [6, 6.07) is 14.7. The summed E-state index contributed by atoms with van der Waals surface area (Å²) in [5.41, 5.74) is 4.71. The van der Waals surface area contributed by atoms with Crippen LogP contribution in [0.15, 0.2) is 42.5 Å². The van der Waals surface area contributed by atoms with Crippen molar-refractivity contribution in [3.8, 4) is 6.07 Å². The maximum absolute atomic E-state index is 13.1. The zero-order valence-electron chi connectivity index (χ0n) is 13.9. The third-order valence-electron chi connectivity index (χ3n) is 4.55. The Morgan fingerprint density at radius 2 is 1.79 bits per heavy atom. The molecule has 0 spiro atoms. The molecule has 0 bridgehead atoms. The molecule has 1 aliphatic rings. The molecule has 24 heavy (non-hydrogen) atoms. The van der Waals surface area contributed by atoms with Gasteiger partial charge in [-0.05, 0) is 73.2 Å². The maximum Gasteiger partial charge on any atom is 0.123 e. The number of hydrogen-bond donors (Lipinski definition) is 0. The van der Waals surface area contributed by atoms with E-state index in [1.165, 1.54) is 37.1 Å². The Bertz CT molecular complexity index is 778. The van der Waals surface area contributed by atoms with E-state index in [2.05, 4.69) is 36.1 Å². The van der Waals surface area contributed by atoms with Gasteiger partial charge in [-0.3, -0.25) is 0 Å². The molecule has 0 amide bonds. The van der Waals surface area contributed by atoms with Crippen LogP contribution in [0.4, 0.5) is 10.1 Å². The molecule has 0 aliphatic carbocycles. The molecule has 0 aromatic heterocycles. The molecule has 3 rings (SSSR count). The van der Waals surface area contributed by atoms with Crippen molar-refractivity contribution in [2.45, 2.75) is 26.2 Å². The van der Waals surface area contributed by atoms with Gasteiger partial charge >= 0.3 is 0 Å². The summed E-state index contributed by atoms with van der Waals surface area (Å²) >= 11 is 0. The van der Waals surface area contributed by atoms with E-state index >= 15 is 0 Å². The summed E-state index contributed by atoms with van der Waals surface area (Å²) in [4.78, 5) is 2.43.